The van der Waals surface area contributed by atoms with Crippen LogP contribution in [0.1, 0.15) is 21.5 Å². The monoisotopic (exact) mass is 290 g/mol. The van der Waals surface area contributed by atoms with Crippen LogP contribution in [0.3, 0.4) is 0 Å². The van der Waals surface area contributed by atoms with E-state index in [1.807, 2.05) is 19.1 Å². The Kier molecular flexibility index (Phi) is 4.15. The van der Waals surface area contributed by atoms with Gasteiger partial charge in [0.25, 0.3) is 0 Å². The van der Waals surface area contributed by atoms with Crippen molar-refractivity contribution in [2.45, 2.75) is 13.5 Å². The fourth-order valence-electron chi connectivity index (χ4n) is 1.76. The summed E-state index contributed by atoms with van der Waals surface area (Å²) in [6.45, 7) is 2.23. The second-order valence-electron chi connectivity index (χ2n) is 4.50. The molecule has 0 radical (unpaired) electrons. The van der Waals surface area contributed by atoms with Crippen LogP contribution in [0.5, 0.6) is 5.75 Å². The summed E-state index contributed by atoms with van der Waals surface area (Å²) in [4.78, 5) is 11.0. The van der Waals surface area contributed by atoms with Crippen molar-refractivity contribution in [3.05, 3.63) is 58.1 Å². The second kappa shape index (κ2) is 5.84. The molecule has 20 heavy (non-hydrogen) atoms. The van der Waals surface area contributed by atoms with E-state index in [0.29, 0.717) is 22.0 Å². The number of amides is 1. The van der Waals surface area contributed by atoms with Gasteiger partial charge in [0.2, 0.25) is 5.91 Å². The summed E-state index contributed by atoms with van der Waals surface area (Å²) in [6, 6.07) is 10.4. The first-order valence-corrected chi connectivity index (χ1v) is 6.42. The summed E-state index contributed by atoms with van der Waals surface area (Å²) in [5.41, 5.74) is 13.7. The van der Waals surface area contributed by atoms with Gasteiger partial charge < -0.3 is 16.2 Å². The van der Waals surface area contributed by atoms with Crippen LogP contribution in [-0.2, 0) is 6.61 Å². The first-order chi connectivity index (χ1) is 9.47. The van der Waals surface area contributed by atoms with E-state index in [1.165, 1.54) is 0 Å². The van der Waals surface area contributed by atoms with Gasteiger partial charge in [0.15, 0.2) is 0 Å². The van der Waals surface area contributed by atoms with Crippen LogP contribution in [0.15, 0.2) is 36.4 Å². The van der Waals surface area contributed by atoms with E-state index in [9.17, 15) is 4.79 Å². The number of hydrogen-bond acceptors (Lipinski definition) is 3. The Hall–Kier alpha value is -2.20. The lowest BCUT2D eigenvalue weighted by molar-refractivity contribution is 0.100. The van der Waals surface area contributed by atoms with Crippen LogP contribution in [-0.4, -0.2) is 5.91 Å². The zero-order valence-corrected chi connectivity index (χ0v) is 11.8. The number of hydrogen-bond donors (Lipinski definition) is 2. The maximum atomic E-state index is 11.0. The van der Waals surface area contributed by atoms with Crippen molar-refractivity contribution in [3.63, 3.8) is 0 Å². The zero-order chi connectivity index (χ0) is 14.7. The molecule has 0 saturated heterocycles. The molecule has 0 atom stereocenters. The molecule has 0 saturated carbocycles. The molecule has 0 unspecified atom stereocenters. The Labute approximate surface area is 122 Å². The van der Waals surface area contributed by atoms with Gasteiger partial charge in [-0.2, -0.15) is 0 Å². The number of rotatable bonds is 4. The summed E-state index contributed by atoms with van der Waals surface area (Å²) in [6.07, 6.45) is 0. The molecule has 2 aromatic rings. The first kappa shape index (κ1) is 14.2. The average molecular weight is 291 g/mol. The first-order valence-electron chi connectivity index (χ1n) is 6.04. The van der Waals surface area contributed by atoms with Crippen LogP contribution in [0.2, 0.25) is 5.02 Å². The highest BCUT2D eigenvalue weighted by atomic mass is 35.5. The SMILES string of the molecule is Cc1ccc(Cl)c(OCc2ccc(C(N)=O)cc2N)c1. The third-order valence-electron chi connectivity index (χ3n) is 2.90. The fraction of sp³-hybridized carbons (Fsp3) is 0.133. The van der Waals surface area contributed by atoms with Crippen LogP contribution >= 0.6 is 11.6 Å². The number of nitrogen functional groups attached to an aromatic ring is 1. The normalized spacial score (nSPS) is 10.3. The maximum Gasteiger partial charge on any atom is 0.248 e. The zero-order valence-electron chi connectivity index (χ0n) is 11.0. The number of aryl methyl sites for hydroxylation is 1. The number of primary amides is 1. The second-order valence-corrected chi connectivity index (χ2v) is 4.91. The van der Waals surface area contributed by atoms with Crippen molar-refractivity contribution in [2.75, 3.05) is 5.73 Å². The van der Waals surface area contributed by atoms with Crippen molar-refractivity contribution in [1.82, 2.24) is 0 Å². The topological polar surface area (TPSA) is 78.3 Å². The number of nitrogens with two attached hydrogens (primary N) is 2. The smallest absolute Gasteiger partial charge is 0.248 e. The highest BCUT2D eigenvalue weighted by Gasteiger charge is 2.07. The molecular weight excluding hydrogens is 276 g/mol. The molecule has 0 fully saturated rings. The lowest BCUT2D eigenvalue weighted by atomic mass is 10.1. The maximum absolute atomic E-state index is 11.0. The Balaban J connectivity index is 2.15. The van der Waals surface area contributed by atoms with Gasteiger partial charge in [0.1, 0.15) is 12.4 Å². The third-order valence-corrected chi connectivity index (χ3v) is 3.21. The van der Waals surface area contributed by atoms with Crippen LogP contribution in [0.4, 0.5) is 5.69 Å². The van der Waals surface area contributed by atoms with Crippen molar-refractivity contribution in [2.24, 2.45) is 5.73 Å². The molecule has 0 aromatic heterocycles. The molecule has 4 nitrogen and oxygen atoms in total. The van der Waals surface area contributed by atoms with Gasteiger partial charge in [0, 0.05) is 16.8 Å². The van der Waals surface area contributed by atoms with Gasteiger partial charge in [-0.15, -0.1) is 0 Å². The van der Waals surface area contributed by atoms with E-state index in [2.05, 4.69) is 0 Å². The predicted molar refractivity (Wildman–Crippen MR) is 79.9 cm³/mol. The minimum absolute atomic E-state index is 0.272. The Morgan fingerprint density at radius 1 is 1.25 bits per heavy atom. The molecule has 0 aliphatic carbocycles. The molecule has 104 valence electrons. The molecule has 1 amide bonds. The van der Waals surface area contributed by atoms with Crippen LogP contribution in [0, 0.1) is 6.92 Å². The van der Waals surface area contributed by atoms with Gasteiger partial charge in [-0.1, -0.05) is 23.7 Å². The van der Waals surface area contributed by atoms with E-state index in [4.69, 9.17) is 27.8 Å². The summed E-state index contributed by atoms with van der Waals surface area (Å²) in [7, 11) is 0. The van der Waals surface area contributed by atoms with E-state index in [0.717, 1.165) is 11.1 Å². The molecule has 0 heterocycles. The minimum atomic E-state index is -0.508. The largest absolute Gasteiger partial charge is 0.487 e. The summed E-state index contributed by atoms with van der Waals surface area (Å²) < 4.78 is 5.66. The number of ether oxygens (including phenoxy) is 1. The van der Waals surface area contributed by atoms with E-state index < -0.39 is 5.91 Å². The highest BCUT2D eigenvalue weighted by molar-refractivity contribution is 6.32. The molecule has 4 N–H and O–H groups in total. The predicted octanol–water partition coefficient (Wildman–Crippen LogP) is 2.91. The minimum Gasteiger partial charge on any atom is -0.487 e. The fourth-order valence-corrected chi connectivity index (χ4v) is 1.93. The third kappa shape index (κ3) is 3.22. The van der Waals surface area contributed by atoms with Crippen molar-refractivity contribution in [3.8, 4) is 5.75 Å². The number of anilines is 1. The van der Waals surface area contributed by atoms with Crippen LogP contribution in [0.25, 0.3) is 0 Å². The quantitative estimate of drug-likeness (QED) is 0.850. The lowest BCUT2D eigenvalue weighted by Gasteiger charge is -2.11. The number of carbonyl (C=O) groups is 1. The highest BCUT2D eigenvalue weighted by Crippen LogP contribution is 2.27. The van der Waals surface area contributed by atoms with Crippen molar-refractivity contribution >= 4 is 23.2 Å². The Morgan fingerprint density at radius 3 is 2.65 bits per heavy atom. The van der Waals surface area contributed by atoms with Crippen molar-refractivity contribution < 1.29 is 9.53 Å². The molecule has 5 heteroatoms. The molecule has 0 spiro atoms. The van der Waals surface area contributed by atoms with Gasteiger partial charge in [-0.3, -0.25) is 4.79 Å². The van der Waals surface area contributed by atoms with Gasteiger partial charge in [-0.05, 0) is 36.8 Å². The standard InChI is InChI=1S/C15H15ClN2O2/c1-9-2-5-12(16)14(6-9)20-8-11-4-3-10(15(18)19)7-13(11)17/h2-7H,8,17H2,1H3,(H2,18,19). The van der Waals surface area contributed by atoms with E-state index >= 15 is 0 Å². The van der Waals surface area contributed by atoms with Gasteiger partial charge >= 0.3 is 0 Å². The number of benzene rings is 2. The Bertz CT molecular complexity index is 656. The number of carbonyl (C=O) groups excluding carboxylic acids is 1. The van der Waals surface area contributed by atoms with Gasteiger partial charge in [0.05, 0.1) is 5.02 Å². The molecule has 2 rings (SSSR count). The summed E-state index contributed by atoms with van der Waals surface area (Å²) >= 11 is 6.05. The number of halogens is 1. The van der Waals surface area contributed by atoms with Crippen LogP contribution < -0.4 is 16.2 Å². The van der Waals surface area contributed by atoms with E-state index in [1.54, 1.807) is 24.3 Å². The summed E-state index contributed by atoms with van der Waals surface area (Å²) in [5, 5.41) is 0.544. The lowest BCUT2D eigenvalue weighted by Crippen LogP contribution is -2.12. The summed E-state index contributed by atoms with van der Waals surface area (Å²) in [5.74, 6) is 0.0935. The van der Waals surface area contributed by atoms with Gasteiger partial charge in [-0.25, -0.2) is 0 Å². The average Bonchev–Trinajstić information content (AvgIpc) is 2.40. The molecule has 2 aromatic carbocycles. The molecule has 0 aliphatic rings. The molecule has 0 aliphatic heterocycles. The molecule has 0 bridgehead atoms. The van der Waals surface area contributed by atoms with E-state index in [-0.39, 0.29) is 6.61 Å². The Morgan fingerprint density at radius 2 is 2.00 bits per heavy atom. The van der Waals surface area contributed by atoms with Crippen molar-refractivity contribution in [1.29, 1.82) is 0 Å². The molecular formula is C15H15ClN2O2.